The quantitative estimate of drug-likeness (QED) is 0.721. The first-order valence-corrected chi connectivity index (χ1v) is 7.27. The largest absolute Gasteiger partial charge is 0.303 e. The van der Waals surface area contributed by atoms with Gasteiger partial charge in [-0.25, -0.2) is 0 Å². The van der Waals surface area contributed by atoms with E-state index in [1.807, 2.05) is 6.92 Å². The highest BCUT2D eigenvalue weighted by Gasteiger charge is 2.30. The van der Waals surface area contributed by atoms with Crippen molar-refractivity contribution in [3.8, 4) is 6.07 Å². The Bertz CT molecular complexity index is 291. The topological polar surface area (TPSA) is 39.1 Å². The van der Waals surface area contributed by atoms with E-state index in [9.17, 15) is 5.26 Å². The molecule has 0 radical (unpaired) electrons. The summed E-state index contributed by atoms with van der Waals surface area (Å²) in [6, 6.07) is 3.48. The summed E-state index contributed by atoms with van der Waals surface area (Å²) < 4.78 is 0. The van der Waals surface area contributed by atoms with Crippen molar-refractivity contribution in [2.45, 2.75) is 71.0 Å². The fourth-order valence-corrected chi connectivity index (χ4v) is 2.62. The second-order valence-corrected chi connectivity index (χ2v) is 6.41. The van der Waals surface area contributed by atoms with Crippen LogP contribution in [0.25, 0.3) is 0 Å². The third-order valence-electron chi connectivity index (χ3n) is 4.04. The van der Waals surface area contributed by atoms with Crippen molar-refractivity contribution in [3.63, 3.8) is 0 Å². The highest BCUT2D eigenvalue weighted by atomic mass is 15.1. The Hall–Kier alpha value is -0.590. The van der Waals surface area contributed by atoms with Gasteiger partial charge < -0.3 is 4.90 Å². The first-order chi connectivity index (χ1) is 8.38. The van der Waals surface area contributed by atoms with Crippen molar-refractivity contribution < 1.29 is 0 Å². The van der Waals surface area contributed by atoms with Gasteiger partial charge in [0.25, 0.3) is 0 Å². The Morgan fingerprint density at radius 3 is 2.44 bits per heavy atom. The molecule has 1 fully saturated rings. The summed E-state index contributed by atoms with van der Waals surface area (Å²) in [4.78, 5) is 2.45. The summed E-state index contributed by atoms with van der Waals surface area (Å²) in [6.45, 7) is 9.62. The van der Waals surface area contributed by atoms with Gasteiger partial charge in [-0.2, -0.15) is 5.26 Å². The third-order valence-corrected chi connectivity index (χ3v) is 4.04. The van der Waals surface area contributed by atoms with E-state index in [2.05, 4.69) is 44.1 Å². The zero-order chi connectivity index (χ0) is 13.8. The lowest BCUT2D eigenvalue weighted by atomic mass is 9.96. The lowest BCUT2D eigenvalue weighted by Crippen LogP contribution is -2.45. The molecule has 104 valence electrons. The summed E-state index contributed by atoms with van der Waals surface area (Å²) in [7, 11) is 2.21. The second-order valence-electron chi connectivity index (χ2n) is 6.41. The van der Waals surface area contributed by atoms with E-state index in [1.165, 1.54) is 12.8 Å². The van der Waals surface area contributed by atoms with Crippen molar-refractivity contribution in [3.05, 3.63) is 0 Å². The number of rotatable bonds is 8. The van der Waals surface area contributed by atoms with E-state index < -0.39 is 0 Å². The molecule has 0 heterocycles. The van der Waals surface area contributed by atoms with Crippen LogP contribution in [0.4, 0.5) is 0 Å². The maximum absolute atomic E-state index is 9.28. The highest BCUT2D eigenvalue weighted by Crippen LogP contribution is 2.34. The normalized spacial score (nSPS) is 20.8. The first kappa shape index (κ1) is 15.5. The smallest absolute Gasteiger partial charge is 0.104 e. The van der Waals surface area contributed by atoms with Gasteiger partial charge in [0.2, 0.25) is 0 Å². The van der Waals surface area contributed by atoms with Crippen LogP contribution in [0, 0.1) is 17.2 Å². The Labute approximate surface area is 113 Å². The molecular formula is C15H29N3. The Balaban J connectivity index is 2.28. The van der Waals surface area contributed by atoms with Gasteiger partial charge >= 0.3 is 0 Å². The monoisotopic (exact) mass is 251 g/mol. The first-order valence-electron chi connectivity index (χ1n) is 7.27. The second kappa shape index (κ2) is 6.54. The van der Waals surface area contributed by atoms with Gasteiger partial charge in [0.1, 0.15) is 5.54 Å². The minimum atomic E-state index is -0.377. The molecule has 0 amide bonds. The van der Waals surface area contributed by atoms with E-state index in [-0.39, 0.29) is 5.54 Å². The molecule has 1 rings (SSSR count). The van der Waals surface area contributed by atoms with Gasteiger partial charge in [0.05, 0.1) is 6.07 Å². The predicted octanol–water partition coefficient (Wildman–Crippen LogP) is 2.78. The van der Waals surface area contributed by atoms with E-state index in [0.29, 0.717) is 12.1 Å². The van der Waals surface area contributed by atoms with Gasteiger partial charge in [-0.3, -0.25) is 5.32 Å². The van der Waals surface area contributed by atoms with Gasteiger partial charge in [-0.15, -0.1) is 0 Å². The van der Waals surface area contributed by atoms with E-state index in [0.717, 1.165) is 25.3 Å². The number of hydrogen-bond acceptors (Lipinski definition) is 3. The molecule has 0 bridgehead atoms. The van der Waals surface area contributed by atoms with Crippen LogP contribution in [0.3, 0.4) is 0 Å². The van der Waals surface area contributed by atoms with Gasteiger partial charge in [-0.1, -0.05) is 0 Å². The van der Waals surface area contributed by atoms with Crippen LogP contribution in [0.5, 0.6) is 0 Å². The van der Waals surface area contributed by atoms with Gasteiger partial charge in [0, 0.05) is 12.1 Å². The molecule has 0 aliphatic heterocycles. The van der Waals surface area contributed by atoms with Crippen LogP contribution in [0.2, 0.25) is 0 Å². The average molecular weight is 251 g/mol. The molecule has 0 saturated heterocycles. The summed E-state index contributed by atoms with van der Waals surface area (Å²) in [6.07, 6.45) is 4.80. The molecule has 1 aliphatic carbocycles. The van der Waals surface area contributed by atoms with Crippen molar-refractivity contribution >= 4 is 0 Å². The van der Waals surface area contributed by atoms with Crippen molar-refractivity contribution in [2.24, 2.45) is 5.92 Å². The summed E-state index contributed by atoms with van der Waals surface area (Å²) in [5.74, 6) is 0.922. The standard InChI is InChI=1S/C15H29N3/c1-12(2)17-15(4,11-16)9-6-10-18(5)13(3)14-7-8-14/h12-14,17H,6-10H2,1-5H3. The number of hydrogen-bond donors (Lipinski definition) is 1. The van der Waals surface area contributed by atoms with Gasteiger partial charge in [0.15, 0.2) is 0 Å². The predicted molar refractivity (Wildman–Crippen MR) is 76.3 cm³/mol. The minimum Gasteiger partial charge on any atom is -0.303 e. The molecule has 1 N–H and O–H groups in total. The third kappa shape index (κ3) is 4.96. The molecule has 2 unspecified atom stereocenters. The zero-order valence-electron chi connectivity index (χ0n) is 12.7. The lowest BCUT2D eigenvalue weighted by Gasteiger charge is -2.29. The Morgan fingerprint density at radius 2 is 2.00 bits per heavy atom. The molecule has 1 saturated carbocycles. The van der Waals surface area contributed by atoms with Crippen LogP contribution >= 0.6 is 0 Å². The fraction of sp³-hybridized carbons (Fsp3) is 0.933. The van der Waals surface area contributed by atoms with E-state index in [1.54, 1.807) is 0 Å². The van der Waals surface area contributed by atoms with E-state index in [4.69, 9.17) is 0 Å². The molecule has 0 aromatic carbocycles. The lowest BCUT2D eigenvalue weighted by molar-refractivity contribution is 0.222. The van der Waals surface area contributed by atoms with Crippen molar-refractivity contribution in [1.82, 2.24) is 10.2 Å². The molecule has 1 aliphatic rings. The number of nitrogens with one attached hydrogen (secondary N) is 1. The molecule has 0 aromatic heterocycles. The van der Waals surface area contributed by atoms with Crippen molar-refractivity contribution in [2.75, 3.05) is 13.6 Å². The highest BCUT2D eigenvalue weighted by molar-refractivity contribution is 5.04. The van der Waals surface area contributed by atoms with Crippen LogP contribution in [-0.2, 0) is 0 Å². The van der Waals surface area contributed by atoms with Gasteiger partial charge in [-0.05, 0) is 72.9 Å². The molecule has 0 spiro atoms. The fourth-order valence-electron chi connectivity index (χ4n) is 2.62. The summed E-state index contributed by atoms with van der Waals surface area (Å²) in [5.41, 5.74) is -0.377. The van der Waals surface area contributed by atoms with Crippen LogP contribution in [-0.4, -0.2) is 36.1 Å². The molecule has 3 heteroatoms. The summed E-state index contributed by atoms with van der Waals surface area (Å²) >= 11 is 0. The molecule has 2 atom stereocenters. The maximum atomic E-state index is 9.28. The van der Waals surface area contributed by atoms with Crippen molar-refractivity contribution in [1.29, 1.82) is 5.26 Å². The molecular weight excluding hydrogens is 222 g/mol. The zero-order valence-corrected chi connectivity index (χ0v) is 12.7. The summed E-state index contributed by atoms with van der Waals surface area (Å²) in [5, 5.41) is 12.6. The SMILES string of the molecule is CC(C)NC(C)(C#N)CCCN(C)C(C)C1CC1. The molecule has 0 aromatic rings. The Kier molecular flexibility index (Phi) is 5.62. The van der Waals surface area contributed by atoms with E-state index >= 15 is 0 Å². The maximum Gasteiger partial charge on any atom is 0.104 e. The van der Waals surface area contributed by atoms with Crippen LogP contribution < -0.4 is 5.32 Å². The van der Waals surface area contributed by atoms with Crippen LogP contribution in [0.1, 0.15) is 53.4 Å². The van der Waals surface area contributed by atoms with Crippen LogP contribution in [0.15, 0.2) is 0 Å². The average Bonchev–Trinajstić information content (AvgIpc) is 3.10. The molecule has 3 nitrogen and oxygen atoms in total. The Morgan fingerprint density at radius 1 is 1.39 bits per heavy atom. The molecule has 18 heavy (non-hydrogen) atoms. The minimum absolute atomic E-state index is 0.359. The number of nitriles is 1. The number of nitrogens with zero attached hydrogens (tertiary/aromatic N) is 2.